The minimum Gasteiger partial charge on any atom is -0.330 e. The second-order valence-electron chi connectivity index (χ2n) is 6.20. The summed E-state index contributed by atoms with van der Waals surface area (Å²) in [4.78, 5) is 12.5. The van der Waals surface area contributed by atoms with Gasteiger partial charge >= 0.3 is 0 Å². The molecule has 0 bridgehead atoms. The van der Waals surface area contributed by atoms with Crippen molar-refractivity contribution in [2.24, 2.45) is 17.6 Å². The van der Waals surface area contributed by atoms with Gasteiger partial charge < -0.3 is 11.1 Å². The Balaban J connectivity index is 0.00000208. The Morgan fingerprint density at radius 2 is 2.04 bits per heavy atom. The van der Waals surface area contributed by atoms with Crippen LogP contribution in [0.25, 0.3) is 0 Å². The quantitative estimate of drug-likeness (QED) is 0.843. The van der Waals surface area contributed by atoms with E-state index in [1.54, 1.807) is 6.20 Å². The van der Waals surface area contributed by atoms with E-state index in [0.29, 0.717) is 12.5 Å². The number of carbonyl (C=O) groups excluding carboxylic acids is 1. The average molecular weight is 349 g/mol. The molecule has 1 aliphatic rings. The maximum atomic E-state index is 12.5. The smallest absolute Gasteiger partial charge is 0.228 e. The van der Waals surface area contributed by atoms with Crippen molar-refractivity contribution >= 4 is 24.1 Å². The molecule has 2 aromatic rings. The summed E-state index contributed by atoms with van der Waals surface area (Å²) in [6, 6.07) is 12.1. The number of aryl methyl sites for hydroxylation is 2. The second-order valence-corrected chi connectivity index (χ2v) is 6.20. The Morgan fingerprint density at radius 3 is 2.79 bits per heavy atom. The predicted molar refractivity (Wildman–Crippen MR) is 98.1 cm³/mol. The van der Waals surface area contributed by atoms with E-state index in [9.17, 15) is 4.79 Å². The Labute approximate surface area is 149 Å². The molecule has 2 atom stereocenters. The maximum Gasteiger partial charge on any atom is 0.228 e. The highest BCUT2D eigenvalue weighted by Gasteiger charge is 2.32. The van der Waals surface area contributed by atoms with Gasteiger partial charge in [0.2, 0.25) is 5.91 Å². The summed E-state index contributed by atoms with van der Waals surface area (Å²) in [5.74, 6) is 1.21. The van der Waals surface area contributed by atoms with E-state index in [-0.39, 0.29) is 24.2 Å². The molecule has 130 valence electrons. The molecule has 0 saturated heterocycles. The van der Waals surface area contributed by atoms with Gasteiger partial charge in [-0.2, -0.15) is 5.10 Å². The number of aromatic nitrogens is 2. The number of nitrogens with two attached hydrogens (primary N) is 1. The van der Waals surface area contributed by atoms with Crippen LogP contribution in [0.15, 0.2) is 42.6 Å². The van der Waals surface area contributed by atoms with Crippen molar-refractivity contribution in [2.45, 2.75) is 32.2 Å². The van der Waals surface area contributed by atoms with Gasteiger partial charge in [-0.3, -0.25) is 4.79 Å². The number of nitrogens with zero attached hydrogens (tertiary/aromatic N) is 2. The number of halogens is 1. The van der Waals surface area contributed by atoms with E-state index in [1.165, 1.54) is 5.56 Å². The molecule has 0 spiro atoms. The molecule has 5 nitrogen and oxygen atoms in total. The predicted octanol–water partition coefficient (Wildman–Crippen LogP) is 2.86. The fraction of sp³-hybridized carbons (Fsp3) is 0.444. The molecule has 6 heteroatoms. The maximum absolute atomic E-state index is 12.5. The summed E-state index contributed by atoms with van der Waals surface area (Å²) in [5, 5.41) is 7.37. The first-order chi connectivity index (χ1) is 11.3. The first-order valence-electron chi connectivity index (χ1n) is 8.34. The van der Waals surface area contributed by atoms with E-state index in [0.717, 1.165) is 38.0 Å². The van der Waals surface area contributed by atoms with E-state index in [4.69, 9.17) is 5.73 Å². The van der Waals surface area contributed by atoms with Crippen LogP contribution in [-0.2, 0) is 17.8 Å². The van der Waals surface area contributed by atoms with Crippen molar-refractivity contribution in [3.63, 3.8) is 0 Å². The number of benzene rings is 1. The molecule has 3 rings (SSSR count). The number of carbonyl (C=O) groups is 1. The van der Waals surface area contributed by atoms with Crippen LogP contribution < -0.4 is 11.1 Å². The largest absolute Gasteiger partial charge is 0.330 e. The molecule has 0 unspecified atom stereocenters. The molecule has 1 aromatic carbocycles. The summed E-state index contributed by atoms with van der Waals surface area (Å²) in [6.07, 6.45) is 5.71. The molecule has 1 heterocycles. The molecule has 1 amide bonds. The normalized spacial score (nSPS) is 19.7. The van der Waals surface area contributed by atoms with Crippen LogP contribution in [0.1, 0.15) is 24.8 Å². The molecule has 3 N–H and O–H groups in total. The van der Waals surface area contributed by atoms with Crippen LogP contribution in [0.5, 0.6) is 0 Å². The van der Waals surface area contributed by atoms with Gasteiger partial charge in [0.25, 0.3) is 0 Å². The highest BCUT2D eigenvalue weighted by atomic mass is 35.5. The van der Waals surface area contributed by atoms with Crippen molar-refractivity contribution in [1.82, 2.24) is 9.78 Å². The second kappa shape index (κ2) is 8.85. The van der Waals surface area contributed by atoms with Gasteiger partial charge in [-0.1, -0.05) is 36.8 Å². The average Bonchev–Trinajstić information content (AvgIpc) is 3.22. The lowest BCUT2D eigenvalue weighted by molar-refractivity contribution is -0.120. The van der Waals surface area contributed by atoms with Gasteiger partial charge in [0.15, 0.2) is 0 Å². The third-order valence-corrected chi connectivity index (χ3v) is 4.72. The Hall–Kier alpha value is -1.85. The van der Waals surface area contributed by atoms with Crippen LogP contribution in [-0.4, -0.2) is 22.2 Å². The zero-order valence-electron chi connectivity index (χ0n) is 13.7. The highest BCUT2D eigenvalue weighted by molar-refractivity contribution is 5.92. The molecule has 0 aliphatic heterocycles. The number of hydrogen-bond donors (Lipinski definition) is 2. The summed E-state index contributed by atoms with van der Waals surface area (Å²) < 4.78 is 1.86. The zero-order valence-corrected chi connectivity index (χ0v) is 14.5. The summed E-state index contributed by atoms with van der Waals surface area (Å²) >= 11 is 0. The van der Waals surface area contributed by atoms with Gasteiger partial charge in [-0.25, -0.2) is 4.68 Å². The monoisotopic (exact) mass is 348 g/mol. The van der Waals surface area contributed by atoms with Gasteiger partial charge in [-0.15, -0.1) is 12.4 Å². The zero-order chi connectivity index (χ0) is 16.1. The summed E-state index contributed by atoms with van der Waals surface area (Å²) in [7, 11) is 0. The van der Waals surface area contributed by atoms with Gasteiger partial charge in [0.1, 0.15) is 5.82 Å². The standard InChI is InChI=1S/C18H24N4O.ClH/c19-13-15-7-4-8-16(15)18(23)21-17-9-11-20-22(17)12-10-14-5-2-1-3-6-14;/h1-3,5-6,9,11,15-16H,4,7-8,10,12-13,19H2,(H,21,23);1H/t15-,16-;/m1./s1. The molecule has 24 heavy (non-hydrogen) atoms. The molecule has 1 saturated carbocycles. The van der Waals surface area contributed by atoms with Crippen molar-refractivity contribution in [3.05, 3.63) is 48.2 Å². The Bertz CT molecular complexity index is 643. The lowest BCUT2D eigenvalue weighted by Gasteiger charge is -2.17. The van der Waals surface area contributed by atoms with Crippen molar-refractivity contribution < 1.29 is 4.79 Å². The van der Waals surface area contributed by atoms with Gasteiger partial charge in [-0.05, 0) is 37.3 Å². The van der Waals surface area contributed by atoms with Crippen LogP contribution >= 0.6 is 12.4 Å². The Kier molecular flexibility index (Phi) is 6.82. The highest BCUT2D eigenvalue weighted by Crippen LogP contribution is 2.31. The third-order valence-electron chi connectivity index (χ3n) is 4.72. The first-order valence-corrected chi connectivity index (χ1v) is 8.34. The van der Waals surface area contributed by atoms with Crippen molar-refractivity contribution in [2.75, 3.05) is 11.9 Å². The molecule has 1 fully saturated rings. The number of rotatable bonds is 6. The van der Waals surface area contributed by atoms with Crippen molar-refractivity contribution in [1.29, 1.82) is 0 Å². The minimum atomic E-state index is 0. The van der Waals surface area contributed by atoms with E-state index in [2.05, 4.69) is 22.5 Å². The lowest BCUT2D eigenvalue weighted by atomic mass is 9.95. The van der Waals surface area contributed by atoms with Crippen LogP contribution in [0, 0.1) is 11.8 Å². The van der Waals surface area contributed by atoms with E-state index < -0.39 is 0 Å². The molecule has 0 radical (unpaired) electrons. The van der Waals surface area contributed by atoms with Crippen molar-refractivity contribution in [3.8, 4) is 0 Å². The molecular formula is C18H25ClN4O. The number of hydrogen-bond acceptors (Lipinski definition) is 3. The molecular weight excluding hydrogens is 324 g/mol. The Morgan fingerprint density at radius 1 is 1.25 bits per heavy atom. The van der Waals surface area contributed by atoms with Crippen LogP contribution in [0.3, 0.4) is 0 Å². The summed E-state index contributed by atoms with van der Waals surface area (Å²) in [6.45, 7) is 1.34. The molecule has 1 aliphatic carbocycles. The first kappa shape index (κ1) is 18.5. The minimum absolute atomic E-state index is 0. The SMILES string of the molecule is Cl.NC[C@H]1CCC[C@H]1C(=O)Nc1ccnn1CCc1ccccc1. The van der Waals surface area contributed by atoms with E-state index >= 15 is 0 Å². The topological polar surface area (TPSA) is 72.9 Å². The molecule has 1 aromatic heterocycles. The van der Waals surface area contributed by atoms with Crippen LogP contribution in [0.2, 0.25) is 0 Å². The third kappa shape index (κ3) is 4.36. The van der Waals surface area contributed by atoms with Gasteiger partial charge in [0.05, 0.1) is 6.20 Å². The number of amides is 1. The van der Waals surface area contributed by atoms with E-state index in [1.807, 2.05) is 28.9 Å². The fourth-order valence-electron chi connectivity index (χ4n) is 3.38. The number of anilines is 1. The lowest BCUT2D eigenvalue weighted by Crippen LogP contribution is -2.30. The van der Waals surface area contributed by atoms with Gasteiger partial charge in [0, 0.05) is 18.5 Å². The number of nitrogens with one attached hydrogen (secondary N) is 1. The summed E-state index contributed by atoms with van der Waals surface area (Å²) in [5.41, 5.74) is 7.04. The van der Waals surface area contributed by atoms with Crippen LogP contribution in [0.4, 0.5) is 5.82 Å². The fourth-order valence-corrected chi connectivity index (χ4v) is 3.38.